The third-order valence-corrected chi connectivity index (χ3v) is 2.53. The van der Waals surface area contributed by atoms with E-state index in [2.05, 4.69) is 14.8 Å². The zero-order valence-corrected chi connectivity index (χ0v) is 9.86. The first-order chi connectivity index (χ1) is 8.99. The molecule has 10 nitrogen and oxygen atoms in total. The summed E-state index contributed by atoms with van der Waals surface area (Å²) in [7, 11) is 0. The Morgan fingerprint density at radius 3 is 2.58 bits per heavy atom. The maximum Gasteiger partial charge on any atom is 0.338 e. The summed E-state index contributed by atoms with van der Waals surface area (Å²) in [6.07, 6.45) is -8.23. The minimum absolute atomic E-state index is 0.0703. The minimum atomic E-state index is -1.79. The lowest BCUT2D eigenvalue weighted by atomic mass is 9.99. The van der Waals surface area contributed by atoms with Crippen molar-refractivity contribution in [1.82, 2.24) is 0 Å². The molecule has 0 saturated carbocycles. The molecule has 1 rings (SSSR count). The first-order valence-electron chi connectivity index (χ1n) is 5.54. The van der Waals surface area contributed by atoms with E-state index in [1.807, 2.05) is 0 Å². The Morgan fingerprint density at radius 1 is 1.26 bits per heavy atom. The van der Waals surface area contributed by atoms with Gasteiger partial charge in [0.15, 0.2) is 12.4 Å². The van der Waals surface area contributed by atoms with Gasteiger partial charge in [0.25, 0.3) is 0 Å². The van der Waals surface area contributed by atoms with E-state index < -0.39 is 36.7 Å². The van der Waals surface area contributed by atoms with Crippen LogP contribution in [0.15, 0.2) is 5.11 Å². The van der Waals surface area contributed by atoms with Crippen LogP contribution in [0.1, 0.15) is 6.42 Å². The molecule has 0 unspecified atom stereocenters. The van der Waals surface area contributed by atoms with E-state index in [0.717, 1.165) is 0 Å². The van der Waals surface area contributed by atoms with Crippen LogP contribution in [-0.4, -0.2) is 70.3 Å². The largest absolute Gasteiger partial charge is 0.464 e. The van der Waals surface area contributed by atoms with Crippen LogP contribution in [-0.2, 0) is 14.3 Å². The van der Waals surface area contributed by atoms with E-state index in [-0.39, 0.29) is 19.6 Å². The highest BCUT2D eigenvalue weighted by Crippen LogP contribution is 2.20. The van der Waals surface area contributed by atoms with E-state index in [9.17, 15) is 25.2 Å². The van der Waals surface area contributed by atoms with Crippen molar-refractivity contribution in [2.24, 2.45) is 5.11 Å². The van der Waals surface area contributed by atoms with Gasteiger partial charge in [-0.1, -0.05) is 5.11 Å². The minimum Gasteiger partial charge on any atom is -0.464 e. The molecular weight excluding hydrogens is 262 g/mol. The smallest absolute Gasteiger partial charge is 0.338 e. The predicted octanol–water partition coefficient (Wildman–Crippen LogP) is -1.97. The molecule has 0 spiro atoms. The Hall–Kier alpha value is -1.42. The monoisotopic (exact) mass is 277 g/mol. The molecule has 1 saturated heterocycles. The van der Waals surface area contributed by atoms with E-state index in [4.69, 9.17) is 10.3 Å². The van der Waals surface area contributed by atoms with Crippen molar-refractivity contribution < 1.29 is 34.7 Å². The molecule has 5 atom stereocenters. The number of carbonyl (C=O) groups is 1. The molecule has 1 heterocycles. The van der Waals surface area contributed by atoms with Crippen molar-refractivity contribution in [1.29, 1.82) is 0 Å². The van der Waals surface area contributed by atoms with E-state index >= 15 is 0 Å². The van der Waals surface area contributed by atoms with Crippen LogP contribution in [0.4, 0.5) is 0 Å². The van der Waals surface area contributed by atoms with Gasteiger partial charge in [-0.25, -0.2) is 4.79 Å². The topological polar surface area (TPSA) is 165 Å². The number of aliphatic hydroxyl groups is 4. The number of rotatable bonds is 5. The third kappa shape index (κ3) is 4.03. The van der Waals surface area contributed by atoms with Crippen LogP contribution >= 0.6 is 0 Å². The number of ether oxygens (including phenoxy) is 2. The summed E-state index contributed by atoms with van der Waals surface area (Å²) in [5.41, 5.74) is 8.01. The highest BCUT2D eigenvalue weighted by Gasteiger charge is 2.46. The number of azide groups is 1. The average molecular weight is 277 g/mol. The number of hydrogen-bond donors (Lipinski definition) is 4. The molecule has 1 aliphatic heterocycles. The molecule has 19 heavy (non-hydrogen) atoms. The van der Waals surface area contributed by atoms with Crippen LogP contribution in [0.2, 0.25) is 0 Å². The van der Waals surface area contributed by atoms with Crippen molar-refractivity contribution in [3.63, 3.8) is 0 Å². The number of esters is 1. The van der Waals surface area contributed by atoms with Crippen molar-refractivity contribution in [2.45, 2.75) is 37.1 Å². The lowest BCUT2D eigenvalue weighted by molar-refractivity contribution is -0.281. The summed E-state index contributed by atoms with van der Waals surface area (Å²) in [6, 6.07) is 0. The second kappa shape index (κ2) is 7.24. The molecule has 0 aliphatic carbocycles. The normalized spacial score (nSPS) is 34.4. The molecule has 0 aromatic heterocycles. The number of nitrogens with zero attached hydrogens (tertiary/aromatic N) is 3. The van der Waals surface area contributed by atoms with Gasteiger partial charge in [-0.2, -0.15) is 0 Å². The molecule has 108 valence electrons. The molecule has 0 bridgehead atoms. The Morgan fingerprint density at radius 2 is 1.95 bits per heavy atom. The Labute approximate surface area is 107 Å². The van der Waals surface area contributed by atoms with Crippen molar-refractivity contribution >= 4 is 5.97 Å². The van der Waals surface area contributed by atoms with Gasteiger partial charge in [0.05, 0.1) is 6.61 Å². The van der Waals surface area contributed by atoms with Crippen molar-refractivity contribution in [3.8, 4) is 0 Å². The molecule has 0 aromatic carbocycles. The second-order valence-corrected chi connectivity index (χ2v) is 3.89. The van der Waals surface area contributed by atoms with Gasteiger partial charge in [0.2, 0.25) is 0 Å². The van der Waals surface area contributed by atoms with Crippen LogP contribution < -0.4 is 0 Å². The molecule has 0 amide bonds. The SMILES string of the molecule is [N-]=[N+]=NCCCOC(=O)[C@H]1O[C@@H](O)[C@H](O)[C@@H](O)[C@@H]1O. The zero-order chi connectivity index (χ0) is 14.4. The van der Waals surface area contributed by atoms with Gasteiger partial charge in [-0.15, -0.1) is 0 Å². The summed E-state index contributed by atoms with van der Waals surface area (Å²) >= 11 is 0. The van der Waals surface area contributed by atoms with Crippen LogP contribution in [0.25, 0.3) is 10.4 Å². The van der Waals surface area contributed by atoms with E-state index in [1.54, 1.807) is 0 Å². The van der Waals surface area contributed by atoms with Gasteiger partial charge in [0.1, 0.15) is 18.3 Å². The predicted molar refractivity (Wildman–Crippen MR) is 58.5 cm³/mol. The van der Waals surface area contributed by atoms with Crippen molar-refractivity contribution in [3.05, 3.63) is 10.4 Å². The fourth-order valence-electron chi connectivity index (χ4n) is 1.49. The maximum absolute atomic E-state index is 11.5. The fourth-order valence-corrected chi connectivity index (χ4v) is 1.49. The molecule has 1 aliphatic rings. The molecule has 1 fully saturated rings. The first-order valence-corrected chi connectivity index (χ1v) is 5.54. The number of carbonyl (C=O) groups excluding carboxylic acids is 1. The summed E-state index contributed by atoms with van der Waals surface area (Å²) in [5.74, 6) is -0.988. The van der Waals surface area contributed by atoms with Gasteiger partial charge in [0, 0.05) is 11.5 Å². The molecule has 4 N–H and O–H groups in total. The molecular formula is C9H15N3O7. The summed E-state index contributed by atoms with van der Waals surface area (Å²) in [5, 5.41) is 40.5. The number of hydrogen-bond acceptors (Lipinski definition) is 8. The highest BCUT2D eigenvalue weighted by atomic mass is 16.7. The summed E-state index contributed by atoms with van der Waals surface area (Å²) < 4.78 is 9.38. The standard InChI is InChI=1S/C9H15N3O7/c10-12-11-2-1-3-18-9(17)7-5(14)4(13)6(15)8(16)19-7/h4-8,13-16H,1-3H2/t4-,5-,6+,7-,8+/m0/s1. The van der Waals surface area contributed by atoms with Crippen molar-refractivity contribution in [2.75, 3.05) is 13.2 Å². The quantitative estimate of drug-likeness (QED) is 0.149. The van der Waals surface area contributed by atoms with Gasteiger partial charge in [-0.3, -0.25) is 0 Å². The van der Waals surface area contributed by atoms with Crippen LogP contribution in [0.3, 0.4) is 0 Å². The average Bonchev–Trinajstić information content (AvgIpc) is 2.40. The Bertz CT molecular complexity index is 360. The van der Waals surface area contributed by atoms with Crippen LogP contribution in [0.5, 0.6) is 0 Å². The van der Waals surface area contributed by atoms with Gasteiger partial charge >= 0.3 is 5.97 Å². The lowest BCUT2D eigenvalue weighted by Gasteiger charge is -2.36. The second-order valence-electron chi connectivity index (χ2n) is 3.89. The van der Waals surface area contributed by atoms with Gasteiger partial charge in [-0.05, 0) is 12.0 Å². The fraction of sp³-hybridized carbons (Fsp3) is 0.889. The number of aliphatic hydroxyl groups excluding tert-OH is 4. The maximum atomic E-state index is 11.5. The zero-order valence-electron chi connectivity index (χ0n) is 9.86. The summed E-state index contributed by atoms with van der Waals surface area (Å²) in [4.78, 5) is 14.0. The van der Waals surface area contributed by atoms with Crippen LogP contribution in [0, 0.1) is 0 Å². The lowest BCUT2D eigenvalue weighted by Crippen LogP contribution is -2.60. The summed E-state index contributed by atoms with van der Waals surface area (Å²) in [6.45, 7) is 0.0704. The van der Waals surface area contributed by atoms with E-state index in [1.165, 1.54) is 0 Å². The third-order valence-electron chi connectivity index (χ3n) is 2.53. The Kier molecular flexibility index (Phi) is 5.96. The first kappa shape index (κ1) is 15.6. The molecule has 0 radical (unpaired) electrons. The molecule has 0 aromatic rings. The Balaban J connectivity index is 2.45. The molecule has 10 heteroatoms. The van der Waals surface area contributed by atoms with E-state index in [0.29, 0.717) is 0 Å². The van der Waals surface area contributed by atoms with Gasteiger partial charge < -0.3 is 29.9 Å². The highest BCUT2D eigenvalue weighted by molar-refractivity contribution is 5.75.